The summed E-state index contributed by atoms with van der Waals surface area (Å²) in [5.41, 5.74) is 0. The highest BCUT2D eigenvalue weighted by Gasteiger charge is 2.53. The predicted molar refractivity (Wildman–Crippen MR) is 80.9 cm³/mol. The zero-order valence-electron chi connectivity index (χ0n) is 12.9. The first-order valence-corrected chi connectivity index (χ1v) is 8.92. The third-order valence-electron chi connectivity index (χ3n) is 6.54. The van der Waals surface area contributed by atoms with Gasteiger partial charge in [0.2, 0.25) is 5.91 Å². The number of nitrogens with one attached hydrogen (secondary N) is 1. The lowest BCUT2D eigenvalue weighted by molar-refractivity contribution is -0.135. The molecule has 0 unspecified atom stereocenters. The molecule has 0 radical (unpaired) electrons. The van der Waals surface area contributed by atoms with Crippen molar-refractivity contribution in [3.05, 3.63) is 0 Å². The number of hydrogen-bond donors (Lipinski definition) is 1. The minimum atomic E-state index is 0.299. The maximum absolute atomic E-state index is 12.1. The van der Waals surface area contributed by atoms with E-state index >= 15 is 0 Å². The number of nitrogens with zero attached hydrogens (tertiary/aromatic N) is 1. The second kappa shape index (κ2) is 5.88. The van der Waals surface area contributed by atoms with E-state index in [0.29, 0.717) is 31.6 Å². The molecule has 118 valence electrons. The predicted octanol–water partition coefficient (Wildman–Crippen LogP) is 1.65. The molecule has 0 spiro atoms. The summed E-state index contributed by atoms with van der Waals surface area (Å²) in [5, 5.41) is 3.72. The van der Waals surface area contributed by atoms with Crippen molar-refractivity contribution in [3.8, 4) is 0 Å². The highest BCUT2D eigenvalue weighted by atomic mass is 16.5. The summed E-state index contributed by atoms with van der Waals surface area (Å²) in [6, 6.07) is 0.701. The SMILES string of the molecule is O=C(CCN[C@@H]1C[C@H]2C[C@H]1[C@@H]1CCC[C@@H]21)N1CCOCC1. The number of carbonyl (C=O) groups is 1. The maximum atomic E-state index is 12.1. The van der Waals surface area contributed by atoms with Crippen LogP contribution in [0.15, 0.2) is 0 Å². The van der Waals surface area contributed by atoms with Crippen LogP contribution in [0.1, 0.15) is 38.5 Å². The van der Waals surface area contributed by atoms with Crippen LogP contribution in [0, 0.1) is 23.7 Å². The molecule has 4 heteroatoms. The third-order valence-corrected chi connectivity index (χ3v) is 6.54. The summed E-state index contributed by atoms with van der Waals surface area (Å²) in [7, 11) is 0. The number of hydrogen-bond acceptors (Lipinski definition) is 3. The zero-order valence-corrected chi connectivity index (χ0v) is 12.9. The average Bonchev–Trinajstić information content (AvgIpc) is 3.20. The fourth-order valence-electron chi connectivity index (χ4n) is 5.64. The van der Waals surface area contributed by atoms with E-state index in [1.165, 1.54) is 32.1 Å². The van der Waals surface area contributed by atoms with Crippen molar-refractivity contribution in [2.75, 3.05) is 32.8 Å². The quantitative estimate of drug-likeness (QED) is 0.856. The first-order valence-electron chi connectivity index (χ1n) is 8.92. The molecule has 2 bridgehead atoms. The first kappa shape index (κ1) is 14.0. The topological polar surface area (TPSA) is 41.6 Å². The lowest BCUT2D eigenvalue weighted by Gasteiger charge is -2.32. The minimum absolute atomic E-state index is 0.299. The van der Waals surface area contributed by atoms with Gasteiger partial charge in [0.1, 0.15) is 0 Å². The van der Waals surface area contributed by atoms with Crippen molar-refractivity contribution in [2.24, 2.45) is 23.7 Å². The molecule has 21 heavy (non-hydrogen) atoms. The van der Waals surface area contributed by atoms with Crippen molar-refractivity contribution in [1.29, 1.82) is 0 Å². The van der Waals surface area contributed by atoms with E-state index in [1.807, 2.05) is 4.90 Å². The molecule has 5 atom stereocenters. The van der Waals surface area contributed by atoms with Crippen molar-refractivity contribution in [3.63, 3.8) is 0 Å². The average molecular weight is 292 g/mol. The van der Waals surface area contributed by atoms with E-state index in [1.54, 1.807) is 0 Å². The summed E-state index contributed by atoms with van der Waals surface area (Å²) < 4.78 is 5.30. The molecule has 3 saturated carbocycles. The van der Waals surface area contributed by atoms with Gasteiger partial charge in [-0.15, -0.1) is 0 Å². The monoisotopic (exact) mass is 292 g/mol. The van der Waals surface area contributed by atoms with Gasteiger partial charge in [0, 0.05) is 32.1 Å². The Morgan fingerprint density at radius 2 is 1.90 bits per heavy atom. The molecule has 4 fully saturated rings. The summed E-state index contributed by atoms with van der Waals surface area (Å²) in [4.78, 5) is 14.1. The molecule has 4 aliphatic rings. The van der Waals surface area contributed by atoms with Gasteiger partial charge in [-0.1, -0.05) is 6.42 Å². The first-order chi connectivity index (χ1) is 10.3. The van der Waals surface area contributed by atoms with Gasteiger partial charge < -0.3 is 15.0 Å². The van der Waals surface area contributed by atoms with Crippen LogP contribution in [0.5, 0.6) is 0 Å². The molecule has 3 aliphatic carbocycles. The second-order valence-corrected chi connectivity index (χ2v) is 7.46. The smallest absolute Gasteiger partial charge is 0.224 e. The molecule has 1 aliphatic heterocycles. The van der Waals surface area contributed by atoms with Crippen molar-refractivity contribution < 1.29 is 9.53 Å². The molecule has 1 saturated heterocycles. The molecule has 4 rings (SSSR count). The van der Waals surface area contributed by atoms with Gasteiger partial charge in [0.25, 0.3) is 0 Å². The van der Waals surface area contributed by atoms with E-state index in [-0.39, 0.29) is 0 Å². The van der Waals surface area contributed by atoms with Gasteiger partial charge in [0.05, 0.1) is 13.2 Å². The van der Waals surface area contributed by atoms with Crippen LogP contribution in [0.2, 0.25) is 0 Å². The Labute approximate surface area is 127 Å². The number of morpholine rings is 1. The molecular weight excluding hydrogens is 264 g/mol. The molecule has 1 amide bonds. The van der Waals surface area contributed by atoms with Crippen molar-refractivity contribution in [2.45, 2.75) is 44.6 Å². The van der Waals surface area contributed by atoms with Gasteiger partial charge in [0.15, 0.2) is 0 Å². The van der Waals surface area contributed by atoms with Crippen LogP contribution < -0.4 is 5.32 Å². The molecule has 4 nitrogen and oxygen atoms in total. The van der Waals surface area contributed by atoms with Gasteiger partial charge in [-0.25, -0.2) is 0 Å². The Morgan fingerprint density at radius 3 is 2.76 bits per heavy atom. The number of carbonyl (C=O) groups excluding carboxylic acids is 1. The zero-order chi connectivity index (χ0) is 14.2. The van der Waals surface area contributed by atoms with Gasteiger partial charge >= 0.3 is 0 Å². The molecule has 0 aromatic heterocycles. The normalized spacial score (nSPS) is 41.5. The fraction of sp³-hybridized carbons (Fsp3) is 0.941. The molecule has 1 heterocycles. The van der Waals surface area contributed by atoms with Crippen LogP contribution in [-0.2, 0) is 9.53 Å². The number of rotatable bonds is 4. The van der Waals surface area contributed by atoms with Gasteiger partial charge in [-0.2, -0.15) is 0 Å². The van der Waals surface area contributed by atoms with E-state index < -0.39 is 0 Å². The molecule has 0 aromatic rings. The minimum Gasteiger partial charge on any atom is -0.378 e. The van der Waals surface area contributed by atoms with Crippen LogP contribution >= 0.6 is 0 Å². The van der Waals surface area contributed by atoms with Gasteiger partial charge in [-0.05, 0) is 49.4 Å². The standard InChI is InChI=1S/C17H28N2O2/c20-17(19-6-8-21-9-7-19)4-5-18-16-11-12-10-15(16)14-3-1-2-13(12)14/h12-16,18H,1-11H2/t12-,13+,14-,15+,16-/m1/s1. The highest BCUT2D eigenvalue weighted by molar-refractivity contribution is 5.76. The third kappa shape index (κ3) is 2.61. The highest BCUT2D eigenvalue weighted by Crippen LogP contribution is 2.58. The summed E-state index contributed by atoms with van der Waals surface area (Å²) >= 11 is 0. The van der Waals surface area contributed by atoms with Crippen LogP contribution in [0.3, 0.4) is 0 Å². The molecule has 1 N–H and O–H groups in total. The Balaban J connectivity index is 1.22. The Morgan fingerprint density at radius 1 is 1.10 bits per heavy atom. The molecular formula is C17H28N2O2. The van der Waals surface area contributed by atoms with Crippen molar-refractivity contribution >= 4 is 5.91 Å². The lowest BCUT2D eigenvalue weighted by atomic mass is 9.79. The maximum Gasteiger partial charge on any atom is 0.224 e. The van der Waals surface area contributed by atoms with Crippen LogP contribution in [0.25, 0.3) is 0 Å². The fourth-order valence-corrected chi connectivity index (χ4v) is 5.64. The number of fused-ring (bicyclic) bond motifs is 5. The number of ether oxygens (including phenoxy) is 1. The summed E-state index contributed by atoms with van der Waals surface area (Å²) in [6.07, 6.45) is 7.92. The summed E-state index contributed by atoms with van der Waals surface area (Å²) in [6.45, 7) is 3.82. The lowest BCUT2D eigenvalue weighted by Crippen LogP contribution is -2.44. The van der Waals surface area contributed by atoms with Crippen molar-refractivity contribution in [1.82, 2.24) is 10.2 Å². The second-order valence-electron chi connectivity index (χ2n) is 7.46. The van der Waals surface area contributed by atoms with Gasteiger partial charge in [-0.3, -0.25) is 4.79 Å². The van der Waals surface area contributed by atoms with E-state index in [4.69, 9.17) is 4.74 Å². The van der Waals surface area contributed by atoms with Crippen LogP contribution in [-0.4, -0.2) is 49.7 Å². The number of amides is 1. The summed E-state index contributed by atoms with van der Waals surface area (Å²) in [5.74, 6) is 4.28. The van der Waals surface area contributed by atoms with E-state index in [9.17, 15) is 4.79 Å². The van der Waals surface area contributed by atoms with Crippen LogP contribution in [0.4, 0.5) is 0 Å². The Hall–Kier alpha value is -0.610. The Kier molecular flexibility index (Phi) is 3.92. The largest absolute Gasteiger partial charge is 0.378 e. The molecule has 0 aromatic carbocycles. The van der Waals surface area contributed by atoms with E-state index in [2.05, 4.69) is 5.32 Å². The van der Waals surface area contributed by atoms with E-state index in [0.717, 1.165) is 43.3 Å². The Bertz CT molecular complexity index is 394.